The average molecular weight is 346 g/mol. The summed E-state index contributed by atoms with van der Waals surface area (Å²) < 4.78 is 4.61. The zero-order chi connectivity index (χ0) is 18.0. The van der Waals surface area contributed by atoms with Gasteiger partial charge in [-0.1, -0.05) is 10.3 Å². The number of carbonyl (C=O) groups is 1. The van der Waals surface area contributed by atoms with E-state index in [-0.39, 0.29) is 18.9 Å². The van der Waals surface area contributed by atoms with Crippen LogP contribution in [0.25, 0.3) is 0 Å². The van der Waals surface area contributed by atoms with Gasteiger partial charge in [-0.3, -0.25) is 4.79 Å². The molecule has 9 heteroatoms. The fourth-order valence-electron chi connectivity index (χ4n) is 3.01. The van der Waals surface area contributed by atoms with Gasteiger partial charge in [-0.15, -0.1) is 0 Å². The molecule has 1 atom stereocenters. The van der Waals surface area contributed by atoms with Crippen molar-refractivity contribution in [3.05, 3.63) is 29.5 Å². The van der Waals surface area contributed by atoms with E-state index < -0.39 is 5.60 Å². The van der Waals surface area contributed by atoms with Crippen molar-refractivity contribution in [2.24, 2.45) is 0 Å². The Morgan fingerprint density at radius 3 is 2.88 bits per heavy atom. The molecule has 3 heterocycles. The van der Waals surface area contributed by atoms with Crippen molar-refractivity contribution in [3.8, 4) is 0 Å². The van der Waals surface area contributed by atoms with Crippen LogP contribution in [0, 0.1) is 13.8 Å². The molecule has 0 spiro atoms. The standard InChI is InChI=1S/C16H22N6O3/c1-11-6-14(18-10-17-11)22-5-4-16(24,9-22)8-21(3)15(23)7-13-12(2)19-25-20-13/h6,10,24H,4-5,7-9H2,1-3H3/t16-/m0/s1. The van der Waals surface area contributed by atoms with E-state index in [0.29, 0.717) is 30.9 Å². The maximum absolute atomic E-state index is 12.4. The molecule has 1 N–H and O–H groups in total. The molecule has 1 saturated heterocycles. The molecule has 1 fully saturated rings. The third-order valence-electron chi connectivity index (χ3n) is 4.47. The number of aromatic nitrogens is 4. The summed E-state index contributed by atoms with van der Waals surface area (Å²) in [6.45, 7) is 5.00. The molecule has 0 bridgehead atoms. The summed E-state index contributed by atoms with van der Waals surface area (Å²) in [5.41, 5.74) is 1.03. The summed E-state index contributed by atoms with van der Waals surface area (Å²) in [4.78, 5) is 24.3. The Bertz CT molecular complexity index is 764. The van der Waals surface area contributed by atoms with Gasteiger partial charge in [0.1, 0.15) is 29.1 Å². The van der Waals surface area contributed by atoms with Crippen LogP contribution < -0.4 is 4.90 Å². The minimum absolute atomic E-state index is 0.108. The van der Waals surface area contributed by atoms with Crippen molar-refractivity contribution in [2.45, 2.75) is 32.3 Å². The second-order valence-electron chi connectivity index (χ2n) is 6.64. The number of likely N-dealkylation sites (N-methyl/N-ethyl adjacent to an activating group) is 1. The molecular formula is C16H22N6O3. The maximum atomic E-state index is 12.4. The highest BCUT2D eigenvalue weighted by Crippen LogP contribution is 2.26. The number of anilines is 1. The van der Waals surface area contributed by atoms with Crippen molar-refractivity contribution >= 4 is 11.7 Å². The fraction of sp³-hybridized carbons (Fsp3) is 0.562. The van der Waals surface area contributed by atoms with Crippen LogP contribution in [0.2, 0.25) is 0 Å². The van der Waals surface area contributed by atoms with Gasteiger partial charge in [0.15, 0.2) is 0 Å². The zero-order valence-electron chi connectivity index (χ0n) is 14.6. The molecule has 0 unspecified atom stereocenters. The number of carbonyl (C=O) groups excluding carboxylic acids is 1. The Morgan fingerprint density at radius 2 is 2.20 bits per heavy atom. The van der Waals surface area contributed by atoms with Crippen LogP contribution in [0.5, 0.6) is 0 Å². The first-order valence-electron chi connectivity index (χ1n) is 8.14. The van der Waals surface area contributed by atoms with Gasteiger partial charge in [-0.05, 0) is 20.3 Å². The van der Waals surface area contributed by atoms with Crippen LogP contribution in [-0.4, -0.2) is 68.5 Å². The number of aryl methyl sites for hydroxylation is 2. The van der Waals surface area contributed by atoms with Gasteiger partial charge < -0.3 is 14.9 Å². The Kier molecular flexibility index (Phi) is 4.67. The highest BCUT2D eigenvalue weighted by molar-refractivity contribution is 5.78. The van der Waals surface area contributed by atoms with Gasteiger partial charge in [0.2, 0.25) is 5.91 Å². The molecule has 134 valence electrons. The van der Waals surface area contributed by atoms with Gasteiger partial charge >= 0.3 is 0 Å². The van der Waals surface area contributed by atoms with Crippen molar-refractivity contribution < 1.29 is 14.5 Å². The minimum atomic E-state index is -0.972. The predicted octanol–water partition coefficient (Wildman–Crippen LogP) is 0.119. The highest BCUT2D eigenvalue weighted by atomic mass is 16.6. The number of aliphatic hydroxyl groups is 1. The maximum Gasteiger partial charge on any atom is 0.228 e. The second kappa shape index (κ2) is 6.75. The van der Waals surface area contributed by atoms with Crippen LogP contribution in [0.3, 0.4) is 0 Å². The Balaban J connectivity index is 1.60. The largest absolute Gasteiger partial charge is 0.386 e. The van der Waals surface area contributed by atoms with Crippen LogP contribution >= 0.6 is 0 Å². The quantitative estimate of drug-likeness (QED) is 0.813. The van der Waals surface area contributed by atoms with Crippen molar-refractivity contribution in [3.63, 3.8) is 0 Å². The molecule has 0 saturated carbocycles. The van der Waals surface area contributed by atoms with Crippen LogP contribution in [0.4, 0.5) is 5.82 Å². The molecule has 2 aromatic heterocycles. The molecule has 9 nitrogen and oxygen atoms in total. The van der Waals surface area contributed by atoms with E-state index in [1.165, 1.54) is 11.2 Å². The fourth-order valence-corrected chi connectivity index (χ4v) is 3.01. The summed E-state index contributed by atoms with van der Waals surface area (Å²) in [5.74, 6) is 0.658. The molecule has 2 aromatic rings. The number of amides is 1. The van der Waals surface area contributed by atoms with Gasteiger partial charge in [0, 0.05) is 31.9 Å². The lowest BCUT2D eigenvalue weighted by atomic mass is 10.0. The van der Waals surface area contributed by atoms with E-state index in [1.54, 1.807) is 14.0 Å². The molecule has 3 rings (SSSR count). The minimum Gasteiger partial charge on any atom is -0.386 e. The smallest absolute Gasteiger partial charge is 0.228 e. The van der Waals surface area contributed by atoms with E-state index in [4.69, 9.17) is 0 Å². The molecule has 0 aromatic carbocycles. The second-order valence-corrected chi connectivity index (χ2v) is 6.64. The lowest BCUT2D eigenvalue weighted by molar-refractivity contribution is -0.132. The average Bonchev–Trinajstić information content (AvgIpc) is 3.14. The van der Waals surface area contributed by atoms with Crippen molar-refractivity contribution in [1.29, 1.82) is 0 Å². The molecule has 1 aliphatic rings. The summed E-state index contributed by atoms with van der Waals surface area (Å²) in [6, 6.07) is 1.89. The number of hydrogen-bond acceptors (Lipinski definition) is 8. The zero-order valence-corrected chi connectivity index (χ0v) is 14.6. The summed E-state index contributed by atoms with van der Waals surface area (Å²) >= 11 is 0. The van der Waals surface area contributed by atoms with E-state index in [9.17, 15) is 9.90 Å². The van der Waals surface area contributed by atoms with E-state index in [1.807, 2.05) is 17.9 Å². The first kappa shape index (κ1) is 17.3. The van der Waals surface area contributed by atoms with Gasteiger partial charge in [-0.2, -0.15) is 0 Å². The summed E-state index contributed by atoms with van der Waals surface area (Å²) in [6.07, 6.45) is 2.20. The molecular weight excluding hydrogens is 324 g/mol. The summed E-state index contributed by atoms with van der Waals surface area (Å²) in [5, 5.41) is 18.3. The molecule has 0 radical (unpaired) electrons. The third kappa shape index (κ3) is 3.93. The lowest BCUT2D eigenvalue weighted by Gasteiger charge is -2.29. The van der Waals surface area contributed by atoms with Crippen LogP contribution in [0.15, 0.2) is 17.0 Å². The lowest BCUT2D eigenvalue weighted by Crippen LogP contribution is -2.46. The number of hydrogen-bond donors (Lipinski definition) is 1. The van der Waals surface area contributed by atoms with Crippen molar-refractivity contribution in [1.82, 2.24) is 25.2 Å². The van der Waals surface area contributed by atoms with Crippen LogP contribution in [0.1, 0.15) is 23.5 Å². The van der Waals surface area contributed by atoms with Crippen LogP contribution in [-0.2, 0) is 11.2 Å². The number of nitrogens with zero attached hydrogens (tertiary/aromatic N) is 6. The Hall–Kier alpha value is -2.55. The first-order valence-corrected chi connectivity index (χ1v) is 8.14. The normalized spacial score (nSPS) is 20.1. The van der Waals surface area contributed by atoms with E-state index in [0.717, 1.165) is 11.5 Å². The highest BCUT2D eigenvalue weighted by Gasteiger charge is 2.38. The molecule has 25 heavy (non-hydrogen) atoms. The first-order chi connectivity index (χ1) is 11.9. The van der Waals surface area contributed by atoms with Gasteiger partial charge in [0.25, 0.3) is 0 Å². The summed E-state index contributed by atoms with van der Waals surface area (Å²) in [7, 11) is 1.68. The topological polar surface area (TPSA) is 108 Å². The van der Waals surface area contributed by atoms with Gasteiger partial charge in [0.05, 0.1) is 13.0 Å². The Morgan fingerprint density at radius 1 is 1.40 bits per heavy atom. The predicted molar refractivity (Wildman–Crippen MR) is 88.9 cm³/mol. The van der Waals surface area contributed by atoms with Crippen molar-refractivity contribution in [2.75, 3.05) is 31.6 Å². The SMILES string of the molecule is Cc1cc(N2CC[C@](O)(CN(C)C(=O)Cc3nonc3C)C2)ncn1. The van der Waals surface area contributed by atoms with Gasteiger partial charge in [-0.25, -0.2) is 14.6 Å². The molecule has 1 amide bonds. The molecule has 0 aliphatic carbocycles. The monoisotopic (exact) mass is 346 g/mol. The Labute approximate surface area is 145 Å². The third-order valence-corrected chi connectivity index (χ3v) is 4.47. The van der Waals surface area contributed by atoms with E-state index in [2.05, 4.69) is 24.9 Å². The van der Waals surface area contributed by atoms with E-state index >= 15 is 0 Å². The molecule has 1 aliphatic heterocycles. The number of rotatable bonds is 5. The number of β-amino-alcohol motifs (C(OH)–C–C–N with tert-alkyl or cyclic N) is 1.